The van der Waals surface area contributed by atoms with Crippen LogP contribution in [0.1, 0.15) is 43.5 Å². The topological polar surface area (TPSA) is 26.3 Å². The Labute approximate surface area is 122 Å². The second kappa shape index (κ2) is 6.08. The largest absolute Gasteiger partial charge is 0.573 e. The number of ketones is 1. The number of hydrogen-bond donors (Lipinski definition) is 0. The Morgan fingerprint density at radius 2 is 1.57 bits per heavy atom. The van der Waals surface area contributed by atoms with Gasteiger partial charge in [-0.1, -0.05) is 13.8 Å². The Morgan fingerprint density at radius 3 is 2.05 bits per heavy atom. The Bertz CT molecular complexity index is 483. The highest BCUT2D eigenvalue weighted by Crippen LogP contribution is 2.35. The van der Waals surface area contributed by atoms with E-state index in [2.05, 4.69) is 18.6 Å². The third-order valence-electron chi connectivity index (χ3n) is 3.92. The van der Waals surface area contributed by atoms with Gasteiger partial charge in [0.1, 0.15) is 5.75 Å². The summed E-state index contributed by atoms with van der Waals surface area (Å²) in [6, 6.07) is 5.20. The van der Waals surface area contributed by atoms with Gasteiger partial charge in [-0.15, -0.1) is 13.2 Å². The molecule has 1 aromatic carbocycles. The molecule has 1 aliphatic carbocycles. The maximum atomic E-state index is 12.4. The van der Waals surface area contributed by atoms with E-state index in [4.69, 9.17) is 0 Å². The van der Waals surface area contributed by atoms with E-state index in [9.17, 15) is 18.0 Å². The predicted molar refractivity (Wildman–Crippen MR) is 73.1 cm³/mol. The third-order valence-corrected chi connectivity index (χ3v) is 3.92. The van der Waals surface area contributed by atoms with E-state index in [1.165, 1.54) is 24.3 Å². The van der Waals surface area contributed by atoms with Gasteiger partial charge in [0.05, 0.1) is 0 Å². The van der Waals surface area contributed by atoms with Gasteiger partial charge in [0.2, 0.25) is 0 Å². The van der Waals surface area contributed by atoms with Crippen LogP contribution in [0.2, 0.25) is 0 Å². The predicted octanol–water partition coefficient (Wildman–Crippen LogP) is 4.84. The van der Waals surface area contributed by atoms with Gasteiger partial charge in [0, 0.05) is 11.5 Å². The van der Waals surface area contributed by atoms with Crippen molar-refractivity contribution in [2.75, 3.05) is 0 Å². The number of carbonyl (C=O) groups is 1. The Balaban J connectivity index is 2.06. The van der Waals surface area contributed by atoms with E-state index in [-0.39, 0.29) is 17.5 Å². The summed E-state index contributed by atoms with van der Waals surface area (Å²) in [5.74, 6) is 0.709. The van der Waals surface area contributed by atoms with Gasteiger partial charge in [-0.05, 0) is 55.4 Å². The molecule has 2 rings (SSSR count). The Kier molecular flexibility index (Phi) is 4.59. The van der Waals surface area contributed by atoms with Crippen LogP contribution in [0.15, 0.2) is 24.3 Å². The fourth-order valence-corrected chi connectivity index (χ4v) is 3.22. The highest BCUT2D eigenvalue weighted by Gasteiger charge is 2.32. The normalized spacial score (nSPS) is 26.4. The zero-order valence-electron chi connectivity index (χ0n) is 12.1. The maximum absolute atomic E-state index is 12.4. The van der Waals surface area contributed by atoms with Crippen molar-refractivity contribution in [3.63, 3.8) is 0 Å². The summed E-state index contributed by atoms with van der Waals surface area (Å²) >= 11 is 0. The molecule has 1 aliphatic rings. The van der Waals surface area contributed by atoms with Crippen LogP contribution in [0.4, 0.5) is 13.2 Å². The molecular weight excluding hydrogens is 281 g/mol. The standard InChI is InChI=1S/C16H19F3O2/c1-10-7-11(2)9-13(8-10)15(20)12-3-5-14(6-4-12)21-16(17,18)19/h3-6,10-11,13H,7-9H2,1-2H3. The molecule has 21 heavy (non-hydrogen) atoms. The van der Waals surface area contributed by atoms with Crippen molar-refractivity contribution in [3.05, 3.63) is 29.8 Å². The highest BCUT2D eigenvalue weighted by molar-refractivity contribution is 5.98. The first-order valence-electron chi connectivity index (χ1n) is 7.14. The zero-order chi connectivity index (χ0) is 15.6. The molecule has 2 unspecified atom stereocenters. The minimum atomic E-state index is -4.71. The fraction of sp³-hybridized carbons (Fsp3) is 0.562. The lowest BCUT2D eigenvalue weighted by atomic mass is 9.74. The molecule has 2 nitrogen and oxygen atoms in total. The van der Waals surface area contributed by atoms with Crippen molar-refractivity contribution in [1.82, 2.24) is 0 Å². The van der Waals surface area contributed by atoms with E-state index in [0.29, 0.717) is 17.4 Å². The lowest BCUT2D eigenvalue weighted by Gasteiger charge is -2.30. The quantitative estimate of drug-likeness (QED) is 0.747. The van der Waals surface area contributed by atoms with Crippen LogP contribution in [0.3, 0.4) is 0 Å². The summed E-state index contributed by atoms with van der Waals surface area (Å²) in [6.45, 7) is 4.27. The molecular formula is C16H19F3O2. The minimum absolute atomic E-state index is 0.0203. The molecule has 0 radical (unpaired) electrons. The molecule has 0 heterocycles. The van der Waals surface area contributed by atoms with Gasteiger partial charge in [0.25, 0.3) is 0 Å². The Morgan fingerprint density at radius 1 is 1.05 bits per heavy atom. The fourth-order valence-electron chi connectivity index (χ4n) is 3.22. The number of halogens is 3. The van der Waals surface area contributed by atoms with Gasteiger partial charge in [-0.2, -0.15) is 0 Å². The minimum Gasteiger partial charge on any atom is -0.406 e. The molecule has 0 bridgehead atoms. The molecule has 0 spiro atoms. The maximum Gasteiger partial charge on any atom is 0.573 e. The van der Waals surface area contributed by atoms with Gasteiger partial charge >= 0.3 is 6.36 Å². The van der Waals surface area contributed by atoms with Gasteiger partial charge < -0.3 is 4.74 Å². The highest BCUT2D eigenvalue weighted by atomic mass is 19.4. The van der Waals surface area contributed by atoms with Gasteiger partial charge in [-0.25, -0.2) is 0 Å². The molecule has 0 aliphatic heterocycles. The van der Waals surface area contributed by atoms with Crippen LogP contribution >= 0.6 is 0 Å². The number of rotatable bonds is 3. The van der Waals surface area contributed by atoms with Crippen LogP contribution in [0.25, 0.3) is 0 Å². The van der Waals surface area contributed by atoms with E-state index >= 15 is 0 Å². The first-order chi connectivity index (χ1) is 9.74. The average Bonchev–Trinajstić information content (AvgIpc) is 2.35. The van der Waals surface area contributed by atoms with Crippen LogP contribution in [0, 0.1) is 17.8 Å². The molecule has 1 saturated carbocycles. The summed E-state index contributed by atoms with van der Waals surface area (Å²) < 4.78 is 40.1. The van der Waals surface area contributed by atoms with Crippen LogP contribution in [-0.4, -0.2) is 12.1 Å². The van der Waals surface area contributed by atoms with Crippen molar-refractivity contribution in [1.29, 1.82) is 0 Å². The van der Waals surface area contributed by atoms with E-state index < -0.39 is 6.36 Å². The molecule has 0 aromatic heterocycles. The second-order valence-corrected chi connectivity index (χ2v) is 6.05. The monoisotopic (exact) mass is 300 g/mol. The molecule has 1 aromatic rings. The van der Waals surface area contributed by atoms with Crippen LogP contribution in [0.5, 0.6) is 5.75 Å². The number of carbonyl (C=O) groups excluding carboxylic acids is 1. The average molecular weight is 300 g/mol. The summed E-state index contributed by atoms with van der Waals surface area (Å²) in [4.78, 5) is 12.4. The van der Waals surface area contributed by atoms with Crippen molar-refractivity contribution in [2.45, 2.75) is 39.5 Å². The van der Waals surface area contributed by atoms with E-state index in [1.807, 2.05) is 0 Å². The van der Waals surface area contributed by atoms with Crippen molar-refractivity contribution < 1.29 is 22.7 Å². The number of benzene rings is 1. The molecule has 0 amide bonds. The van der Waals surface area contributed by atoms with Crippen LogP contribution in [-0.2, 0) is 0 Å². The van der Waals surface area contributed by atoms with Crippen molar-refractivity contribution >= 4 is 5.78 Å². The molecule has 1 fully saturated rings. The molecule has 0 saturated heterocycles. The SMILES string of the molecule is CC1CC(C)CC(C(=O)c2ccc(OC(F)(F)F)cc2)C1. The first kappa shape index (κ1) is 15.9. The number of hydrogen-bond acceptors (Lipinski definition) is 2. The van der Waals surface area contributed by atoms with Crippen molar-refractivity contribution in [2.24, 2.45) is 17.8 Å². The number of alkyl halides is 3. The summed E-state index contributed by atoms with van der Waals surface area (Å²) in [5.41, 5.74) is 0.454. The van der Waals surface area contributed by atoms with E-state index in [0.717, 1.165) is 19.3 Å². The third kappa shape index (κ3) is 4.48. The zero-order valence-corrected chi connectivity index (χ0v) is 12.1. The smallest absolute Gasteiger partial charge is 0.406 e. The van der Waals surface area contributed by atoms with Crippen molar-refractivity contribution in [3.8, 4) is 5.75 Å². The molecule has 116 valence electrons. The lowest BCUT2D eigenvalue weighted by Crippen LogP contribution is -2.26. The summed E-state index contributed by atoms with van der Waals surface area (Å²) in [5, 5.41) is 0. The van der Waals surface area contributed by atoms with Gasteiger partial charge in [0.15, 0.2) is 5.78 Å². The molecule has 2 atom stereocenters. The first-order valence-corrected chi connectivity index (χ1v) is 7.14. The Hall–Kier alpha value is -1.52. The number of Topliss-reactive ketones (excluding diaryl/α,β-unsaturated/α-hetero) is 1. The second-order valence-electron chi connectivity index (χ2n) is 6.05. The number of ether oxygens (including phenoxy) is 1. The molecule has 0 N–H and O–H groups in total. The van der Waals surface area contributed by atoms with Crippen LogP contribution < -0.4 is 4.74 Å². The molecule has 5 heteroatoms. The van der Waals surface area contributed by atoms with E-state index in [1.54, 1.807) is 0 Å². The summed E-state index contributed by atoms with van der Waals surface area (Å²) in [6.07, 6.45) is -1.88. The lowest BCUT2D eigenvalue weighted by molar-refractivity contribution is -0.274. The van der Waals surface area contributed by atoms with Gasteiger partial charge in [-0.3, -0.25) is 4.79 Å². The summed E-state index contributed by atoms with van der Waals surface area (Å²) in [7, 11) is 0.